The molecule has 128 valence electrons. The predicted molar refractivity (Wildman–Crippen MR) is 91.3 cm³/mol. The molecule has 7 heteroatoms. The molecule has 0 amide bonds. The van der Waals surface area contributed by atoms with Gasteiger partial charge in [-0.25, -0.2) is 12.8 Å². The first-order chi connectivity index (χ1) is 12.1. The number of aromatic nitrogens is 2. The minimum Gasteiger partial charge on any atom is -0.264 e. The fourth-order valence-electron chi connectivity index (χ4n) is 2.41. The zero-order chi connectivity index (χ0) is 17.7. The number of benzene rings is 1. The lowest BCUT2D eigenvalue weighted by Crippen LogP contribution is -2.31. The van der Waals surface area contributed by atoms with E-state index < -0.39 is 15.8 Å². The summed E-state index contributed by atoms with van der Waals surface area (Å²) in [5.41, 5.74) is 1.43. The van der Waals surface area contributed by atoms with Crippen molar-refractivity contribution < 1.29 is 12.8 Å². The van der Waals surface area contributed by atoms with E-state index in [9.17, 15) is 12.8 Å². The molecule has 3 rings (SSSR count). The van der Waals surface area contributed by atoms with E-state index in [1.54, 1.807) is 49.1 Å². The smallest absolute Gasteiger partial charge is 0.246 e. The molecule has 1 aromatic carbocycles. The second-order valence-electron chi connectivity index (χ2n) is 5.43. The summed E-state index contributed by atoms with van der Waals surface area (Å²) < 4.78 is 41.3. The Labute approximate surface area is 145 Å². The van der Waals surface area contributed by atoms with Crippen molar-refractivity contribution in [2.45, 2.75) is 18.0 Å². The van der Waals surface area contributed by atoms with Gasteiger partial charge in [0.2, 0.25) is 10.0 Å². The SMILES string of the molecule is O=S(=O)(c1ccccc1F)N(Cc1cccnc1)Cc1cccnc1. The van der Waals surface area contributed by atoms with E-state index in [1.807, 2.05) is 0 Å². The second-order valence-corrected chi connectivity index (χ2v) is 7.33. The van der Waals surface area contributed by atoms with E-state index in [-0.39, 0.29) is 18.0 Å². The molecular formula is C18H16FN3O2S. The van der Waals surface area contributed by atoms with Crippen LogP contribution in [0.3, 0.4) is 0 Å². The van der Waals surface area contributed by atoms with Crippen molar-refractivity contribution in [3.63, 3.8) is 0 Å². The zero-order valence-electron chi connectivity index (χ0n) is 13.3. The lowest BCUT2D eigenvalue weighted by Gasteiger charge is -2.22. The molecule has 0 spiro atoms. The van der Waals surface area contributed by atoms with Crippen molar-refractivity contribution in [1.82, 2.24) is 14.3 Å². The Morgan fingerprint density at radius 2 is 1.40 bits per heavy atom. The topological polar surface area (TPSA) is 63.2 Å². The Morgan fingerprint density at radius 1 is 0.840 bits per heavy atom. The average Bonchev–Trinajstić information content (AvgIpc) is 2.63. The standard InChI is InChI=1S/C18H16FN3O2S/c19-17-7-1-2-8-18(17)25(23,24)22(13-15-5-3-9-20-11-15)14-16-6-4-10-21-12-16/h1-12H,13-14H2. The molecule has 2 aromatic heterocycles. The predicted octanol–water partition coefficient (Wildman–Crippen LogP) is 3.01. The molecule has 2 heterocycles. The van der Waals surface area contributed by atoms with Crippen molar-refractivity contribution in [1.29, 1.82) is 0 Å². The van der Waals surface area contributed by atoms with E-state index in [2.05, 4.69) is 9.97 Å². The maximum absolute atomic E-state index is 14.1. The summed E-state index contributed by atoms with van der Waals surface area (Å²) in [6.07, 6.45) is 6.40. The van der Waals surface area contributed by atoms with E-state index in [0.717, 1.165) is 6.07 Å². The van der Waals surface area contributed by atoms with Gasteiger partial charge >= 0.3 is 0 Å². The average molecular weight is 357 g/mol. The normalized spacial score (nSPS) is 11.6. The highest BCUT2D eigenvalue weighted by Gasteiger charge is 2.27. The molecule has 0 bridgehead atoms. The summed E-state index contributed by atoms with van der Waals surface area (Å²) in [7, 11) is -4.03. The van der Waals surface area contributed by atoms with Crippen LogP contribution in [0.5, 0.6) is 0 Å². The Kier molecular flexibility index (Phi) is 5.16. The first-order valence-corrected chi connectivity index (χ1v) is 9.04. The van der Waals surface area contributed by atoms with Crippen LogP contribution in [0.4, 0.5) is 4.39 Å². The molecule has 25 heavy (non-hydrogen) atoms. The minimum absolute atomic E-state index is 0.0827. The van der Waals surface area contributed by atoms with Gasteiger partial charge in [-0.2, -0.15) is 4.31 Å². The van der Waals surface area contributed by atoms with Crippen LogP contribution < -0.4 is 0 Å². The quantitative estimate of drug-likeness (QED) is 0.680. The van der Waals surface area contributed by atoms with E-state index >= 15 is 0 Å². The highest BCUT2D eigenvalue weighted by molar-refractivity contribution is 7.89. The highest BCUT2D eigenvalue weighted by Crippen LogP contribution is 2.22. The summed E-state index contributed by atoms with van der Waals surface area (Å²) in [6.45, 7) is 0.165. The summed E-state index contributed by atoms with van der Waals surface area (Å²) in [6, 6.07) is 12.4. The molecule has 0 saturated heterocycles. The highest BCUT2D eigenvalue weighted by atomic mass is 32.2. The number of halogens is 1. The van der Waals surface area contributed by atoms with Crippen molar-refractivity contribution in [3.05, 3.63) is 90.3 Å². The first-order valence-electron chi connectivity index (χ1n) is 7.60. The summed E-state index contributed by atoms with van der Waals surface area (Å²) in [5.74, 6) is -0.773. The molecule has 0 atom stereocenters. The van der Waals surface area contributed by atoms with Gasteiger partial charge in [0.15, 0.2) is 0 Å². The van der Waals surface area contributed by atoms with Gasteiger partial charge < -0.3 is 0 Å². The Hall–Kier alpha value is -2.64. The van der Waals surface area contributed by atoms with Crippen molar-refractivity contribution in [2.24, 2.45) is 0 Å². The van der Waals surface area contributed by atoms with Gasteiger partial charge in [0.25, 0.3) is 0 Å². The number of nitrogens with zero attached hydrogens (tertiary/aromatic N) is 3. The van der Waals surface area contributed by atoms with Crippen molar-refractivity contribution >= 4 is 10.0 Å². The largest absolute Gasteiger partial charge is 0.264 e. The maximum atomic E-state index is 14.1. The van der Waals surface area contributed by atoms with Gasteiger partial charge in [0.1, 0.15) is 10.7 Å². The van der Waals surface area contributed by atoms with E-state index in [4.69, 9.17) is 0 Å². The molecule has 3 aromatic rings. The summed E-state index contributed by atoms with van der Waals surface area (Å²) >= 11 is 0. The van der Waals surface area contributed by atoms with Crippen LogP contribution in [0.1, 0.15) is 11.1 Å². The first kappa shape index (κ1) is 17.2. The van der Waals surface area contributed by atoms with Gasteiger partial charge in [-0.05, 0) is 35.4 Å². The molecule has 0 radical (unpaired) electrons. The van der Waals surface area contributed by atoms with Crippen LogP contribution in [0.25, 0.3) is 0 Å². The Morgan fingerprint density at radius 3 is 1.88 bits per heavy atom. The molecule has 0 N–H and O–H groups in total. The van der Waals surface area contributed by atoms with Crippen LogP contribution in [-0.4, -0.2) is 22.7 Å². The van der Waals surface area contributed by atoms with Crippen LogP contribution in [0.2, 0.25) is 0 Å². The number of hydrogen-bond acceptors (Lipinski definition) is 4. The molecule has 0 unspecified atom stereocenters. The molecule has 0 fully saturated rings. The monoisotopic (exact) mass is 357 g/mol. The number of hydrogen-bond donors (Lipinski definition) is 0. The van der Waals surface area contributed by atoms with Crippen molar-refractivity contribution in [2.75, 3.05) is 0 Å². The van der Waals surface area contributed by atoms with Gasteiger partial charge in [-0.15, -0.1) is 0 Å². The van der Waals surface area contributed by atoms with Gasteiger partial charge in [-0.3, -0.25) is 9.97 Å². The van der Waals surface area contributed by atoms with E-state index in [0.29, 0.717) is 11.1 Å². The number of rotatable bonds is 6. The number of pyridine rings is 2. The zero-order valence-corrected chi connectivity index (χ0v) is 14.1. The molecular weight excluding hydrogens is 341 g/mol. The fraction of sp³-hybridized carbons (Fsp3) is 0.111. The number of sulfonamides is 1. The summed E-state index contributed by atoms with van der Waals surface area (Å²) in [5, 5.41) is 0. The lowest BCUT2D eigenvalue weighted by molar-refractivity contribution is 0.397. The summed E-state index contributed by atoms with van der Waals surface area (Å²) in [4.78, 5) is 7.67. The molecule has 0 saturated carbocycles. The van der Waals surface area contributed by atoms with Crippen LogP contribution >= 0.6 is 0 Å². The van der Waals surface area contributed by atoms with Gasteiger partial charge in [0, 0.05) is 37.9 Å². The fourth-order valence-corrected chi connectivity index (χ4v) is 3.89. The Bertz CT molecular complexity index is 893. The Balaban J connectivity index is 1.99. The van der Waals surface area contributed by atoms with Gasteiger partial charge in [-0.1, -0.05) is 24.3 Å². The van der Waals surface area contributed by atoms with Crippen LogP contribution in [0.15, 0.2) is 78.2 Å². The molecule has 0 aliphatic heterocycles. The van der Waals surface area contributed by atoms with Crippen LogP contribution in [0, 0.1) is 5.82 Å². The van der Waals surface area contributed by atoms with E-state index in [1.165, 1.54) is 22.5 Å². The molecule has 0 aliphatic carbocycles. The van der Waals surface area contributed by atoms with Gasteiger partial charge in [0.05, 0.1) is 0 Å². The molecule has 0 aliphatic rings. The second kappa shape index (κ2) is 7.50. The third-order valence-electron chi connectivity index (χ3n) is 3.62. The third-order valence-corrected chi connectivity index (χ3v) is 5.44. The maximum Gasteiger partial charge on any atom is 0.246 e. The van der Waals surface area contributed by atoms with Crippen molar-refractivity contribution in [3.8, 4) is 0 Å². The lowest BCUT2D eigenvalue weighted by atomic mass is 10.2. The molecule has 5 nitrogen and oxygen atoms in total. The third kappa shape index (κ3) is 4.07. The minimum atomic E-state index is -4.03. The van der Waals surface area contributed by atoms with Crippen LogP contribution in [-0.2, 0) is 23.1 Å².